The molecule has 1 aromatic heterocycles. The minimum atomic E-state index is -0.126. The number of hydrogen-bond acceptors (Lipinski definition) is 3. The van der Waals surface area contributed by atoms with Gasteiger partial charge in [0.1, 0.15) is 11.6 Å². The summed E-state index contributed by atoms with van der Waals surface area (Å²) in [7, 11) is 1.63. The van der Waals surface area contributed by atoms with Gasteiger partial charge in [0, 0.05) is 18.7 Å². The molecule has 2 aromatic rings. The number of rotatable bonds is 3. The Bertz CT molecular complexity index is 517. The molecule has 0 atom stereocenters. The summed E-state index contributed by atoms with van der Waals surface area (Å²) in [5.41, 5.74) is 0.952. The zero-order valence-corrected chi connectivity index (χ0v) is 8.93. The second-order valence-electron chi connectivity index (χ2n) is 3.41. The van der Waals surface area contributed by atoms with Gasteiger partial charge in [0.2, 0.25) is 0 Å². The quantitative estimate of drug-likeness (QED) is 0.843. The zero-order chi connectivity index (χ0) is 11.4. The summed E-state index contributed by atoms with van der Waals surface area (Å²) >= 11 is 0. The van der Waals surface area contributed by atoms with Crippen LogP contribution in [0.25, 0.3) is 0 Å². The lowest BCUT2D eigenvalue weighted by molar-refractivity contribution is 0.414. The van der Waals surface area contributed by atoms with E-state index >= 15 is 0 Å². The van der Waals surface area contributed by atoms with Gasteiger partial charge in [-0.3, -0.25) is 4.79 Å². The van der Waals surface area contributed by atoms with Gasteiger partial charge in [-0.15, -0.1) is 0 Å². The Morgan fingerprint density at radius 1 is 1.25 bits per heavy atom. The molecule has 4 nitrogen and oxygen atoms in total. The molecule has 1 heterocycles. The summed E-state index contributed by atoms with van der Waals surface area (Å²) in [6.07, 6.45) is 2.12. The van der Waals surface area contributed by atoms with Crippen molar-refractivity contribution in [3.05, 3.63) is 58.3 Å². The topological polar surface area (TPSA) is 55.0 Å². The van der Waals surface area contributed by atoms with Crippen molar-refractivity contribution < 1.29 is 4.74 Å². The molecule has 0 amide bonds. The number of benzene rings is 1. The molecule has 0 radical (unpaired) electrons. The van der Waals surface area contributed by atoms with Crippen molar-refractivity contribution >= 4 is 0 Å². The number of aromatic amines is 1. The first kappa shape index (κ1) is 10.4. The summed E-state index contributed by atoms with van der Waals surface area (Å²) in [4.78, 5) is 17.8. The van der Waals surface area contributed by atoms with Gasteiger partial charge in [0.25, 0.3) is 5.56 Å². The predicted molar refractivity (Wildman–Crippen MR) is 60.7 cm³/mol. The van der Waals surface area contributed by atoms with Crippen LogP contribution < -0.4 is 10.3 Å². The van der Waals surface area contributed by atoms with E-state index in [4.69, 9.17) is 4.74 Å². The maximum atomic E-state index is 11.1. The molecule has 1 N–H and O–H groups in total. The van der Waals surface area contributed by atoms with Crippen LogP contribution in [0.5, 0.6) is 5.75 Å². The van der Waals surface area contributed by atoms with Gasteiger partial charge < -0.3 is 9.72 Å². The molecule has 1 aromatic carbocycles. The van der Waals surface area contributed by atoms with E-state index in [1.54, 1.807) is 7.11 Å². The number of nitrogens with zero attached hydrogens (tertiary/aromatic N) is 1. The Kier molecular flexibility index (Phi) is 3.00. The number of H-pyrrole nitrogens is 1. The molecule has 0 aliphatic carbocycles. The summed E-state index contributed by atoms with van der Waals surface area (Å²) in [6.45, 7) is 0. The van der Waals surface area contributed by atoms with Crippen molar-refractivity contribution in [2.45, 2.75) is 6.42 Å². The molecule has 4 heteroatoms. The van der Waals surface area contributed by atoms with Crippen molar-refractivity contribution in [2.24, 2.45) is 0 Å². The molecule has 0 bridgehead atoms. The van der Waals surface area contributed by atoms with Crippen molar-refractivity contribution in [3.8, 4) is 5.75 Å². The van der Waals surface area contributed by atoms with E-state index in [-0.39, 0.29) is 5.56 Å². The first-order valence-electron chi connectivity index (χ1n) is 4.95. The van der Waals surface area contributed by atoms with Crippen molar-refractivity contribution in [3.63, 3.8) is 0 Å². The van der Waals surface area contributed by atoms with E-state index in [9.17, 15) is 4.79 Å². The Hall–Kier alpha value is -2.10. The van der Waals surface area contributed by atoms with E-state index in [0.717, 1.165) is 11.3 Å². The third-order valence-corrected chi connectivity index (χ3v) is 2.25. The monoisotopic (exact) mass is 216 g/mol. The lowest BCUT2D eigenvalue weighted by Gasteiger charge is -2.02. The molecule has 0 spiro atoms. The van der Waals surface area contributed by atoms with Crippen LogP contribution in [0.1, 0.15) is 11.4 Å². The highest BCUT2D eigenvalue weighted by Crippen LogP contribution is 2.12. The van der Waals surface area contributed by atoms with Gasteiger partial charge in [0.05, 0.1) is 7.11 Å². The second kappa shape index (κ2) is 4.61. The average Bonchev–Trinajstić information content (AvgIpc) is 2.30. The molecule has 82 valence electrons. The molecular weight excluding hydrogens is 204 g/mol. The summed E-state index contributed by atoms with van der Waals surface area (Å²) in [5.74, 6) is 1.48. The largest absolute Gasteiger partial charge is 0.497 e. The SMILES string of the molecule is COc1ccc(Cc2nccc(=O)[nH]2)cc1. The number of nitrogens with one attached hydrogen (secondary N) is 1. The number of ether oxygens (including phenoxy) is 1. The van der Waals surface area contributed by atoms with Crippen LogP contribution in [-0.4, -0.2) is 17.1 Å². The maximum absolute atomic E-state index is 11.1. The van der Waals surface area contributed by atoms with Gasteiger partial charge in [0.15, 0.2) is 0 Å². The molecule has 2 rings (SSSR count). The lowest BCUT2D eigenvalue weighted by atomic mass is 10.1. The highest BCUT2D eigenvalue weighted by Gasteiger charge is 1.98. The number of methoxy groups -OCH3 is 1. The van der Waals surface area contributed by atoms with E-state index in [1.165, 1.54) is 12.3 Å². The van der Waals surface area contributed by atoms with E-state index in [1.807, 2.05) is 24.3 Å². The molecule has 0 aliphatic heterocycles. The molecule has 16 heavy (non-hydrogen) atoms. The van der Waals surface area contributed by atoms with Gasteiger partial charge in [-0.2, -0.15) is 0 Å². The van der Waals surface area contributed by atoms with Crippen molar-refractivity contribution in [2.75, 3.05) is 7.11 Å². The molecule has 0 saturated heterocycles. The van der Waals surface area contributed by atoms with Crippen LogP contribution in [0.4, 0.5) is 0 Å². The highest BCUT2D eigenvalue weighted by atomic mass is 16.5. The lowest BCUT2D eigenvalue weighted by Crippen LogP contribution is -2.09. The predicted octanol–water partition coefficient (Wildman–Crippen LogP) is 1.37. The van der Waals surface area contributed by atoms with Crippen LogP contribution >= 0.6 is 0 Å². The zero-order valence-electron chi connectivity index (χ0n) is 8.93. The first-order valence-corrected chi connectivity index (χ1v) is 4.95. The second-order valence-corrected chi connectivity index (χ2v) is 3.41. The van der Waals surface area contributed by atoms with Crippen LogP contribution in [0.3, 0.4) is 0 Å². The Morgan fingerprint density at radius 3 is 2.62 bits per heavy atom. The van der Waals surface area contributed by atoms with Crippen LogP contribution in [-0.2, 0) is 6.42 Å². The molecule has 0 aliphatic rings. The van der Waals surface area contributed by atoms with Gasteiger partial charge in [-0.25, -0.2) is 4.98 Å². The Balaban J connectivity index is 2.17. The van der Waals surface area contributed by atoms with Gasteiger partial charge in [-0.1, -0.05) is 12.1 Å². The van der Waals surface area contributed by atoms with E-state index < -0.39 is 0 Å². The minimum absolute atomic E-state index is 0.126. The number of hydrogen-bond donors (Lipinski definition) is 1. The van der Waals surface area contributed by atoms with Crippen molar-refractivity contribution in [1.82, 2.24) is 9.97 Å². The van der Waals surface area contributed by atoms with Gasteiger partial charge in [-0.05, 0) is 17.7 Å². The normalized spacial score (nSPS) is 10.1. The Labute approximate surface area is 92.9 Å². The first-order chi connectivity index (χ1) is 7.78. The van der Waals surface area contributed by atoms with Crippen LogP contribution in [0, 0.1) is 0 Å². The maximum Gasteiger partial charge on any atom is 0.250 e. The molecule has 0 saturated carbocycles. The number of aromatic nitrogens is 2. The smallest absolute Gasteiger partial charge is 0.250 e. The summed E-state index contributed by atoms with van der Waals surface area (Å²) in [5, 5.41) is 0. The standard InChI is InChI=1S/C12H12N2O2/c1-16-10-4-2-9(3-5-10)8-11-13-7-6-12(15)14-11/h2-7H,8H2,1H3,(H,13,14,15). The van der Waals surface area contributed by atoms with Crippen LogP contribution in [0.15, 0.2) is 41.3 Å². The third-order valence-electron chi connectivity index (χ3n) is 2.25. The third kappa shape index (κ3) is 2.48. The Morgan fingerprint density at radius 2 is 2.00 bits per heavy atom. The highest BCUT2D eigenvalue weighted by molar-refractivity contribution is 5.28. The van der Waals surface area contributed by atoms with E-state index in [0.29, 0.717) is 12.2 Å². The van der Waals surface area contributed by atoms with E-state index in [2.05, 4.69) is 9.97 Å². The summed E-state index contributed by atoms with van der Waals surface area (Å²) < 4.78 is 5.07. The fourth-order valence-electron chi connectivity index (χ4n) is 1.44. The molecular formula is C12H12N2O2. The minimum Gasteiger partial charge on any atom is -0.497 e. The molecule has 0 unspecified atom stereocenters. The van der Waals surface area contributed by atoms with Gasteiger partial charge >= 0.3 is 0 Å². The van der Waals surface area contributed by atoms with Crippen molar-refractivity contribution in [1.29, 1.82) is 0 Å². The average molecular weight is 216 g/mol. The van der Waals surface area contributed by atoms with Crippen LogP contribution in [0.2, 0.25) is 0 Å². The molecule has 0 fully saturated rings. The fraction of sp³-hybridized carbons (Fsp3) is 0.167. The fourth-order valence-corrected chi connectivity index (χ4v) is 1.44. The summed E-state index contributed by atoms with van der Waals surface area (Å²) in [6, 6.07) is 9.07.